The third-order valence-corrected chi connectivity index (χ3v) is 2.34. The van der Waals surface area contributed by atoms with E-state index in [9.17, 15) is 9.59 Å². The molecule has 0 saturated carbocycles. The highest BCUT2D eigenvalue weighted by molar-refractivity contribution is 5.95. The van der Waals surface area contributed by atoms with Gasteiger partial charge in [-0.1, -0.05) is 36.4 Å². The Morgan fingerprint density at radius 3 is 2.56 bits per heavy atom. The van der Waals surface area contributed by atoms with Crippen LogP contribution in [-0.2, 0) is 4.79 Å². The molecule has 0 bridgehead atoms. The van der Waals surface area contributed by atoms with Crippen molar-refractivity contribution in [3.63, 3.8) is 0 Å². The summed E-state index contributed by atoms with van der Waals surface area (Å²) in [5.41, 5.74) is 0.783. The van der Waals surface area contributed by atoms with E-state index in [1.807, 2.05) is 36.4 Å². The van der Waals surface area contributed by atoms with Crippen molar-refractivity contribution in [3.05, 3.63) is 48.0 Å². The molecule has 0 N–H and O–H groups in total. The third-order valence-electron chi connectivity index (χ3n) is 2.34. The highest BCUT2D eigenvalue weighted by Crippen LogP contribution is 2.08. The second-order valence-electron chi connectivity index (χ2n) is 3.60. The topological polar surface area (TPSA) is 34.1 Å². The molecule has 1 aromatic rings. The van der Waals surface area contributed by atoms with Crippen LogP contribution in [0.2, 0.25) is 0 Å². The van der Waals surface area contributed by atoms with Crippen LogP contribution in [0.25, 0.3) is 0 Å². The van der Waals surface area contributed by atoms with Gasteiger partial charge in [0.25, 0.3) is 0 Å². The number of unbranched alkanes of at least 4 members (excludes halogenated alkanes) is 2. The van der Waals surface area contributed by atoms with Crippen LogP contribution in [0, 0.1) is 0 Å². The minimum absolute atomic E-state index is 0.194. The van der Waals surface area contributed by atoms with Crippen molar-refractivity contribution in [2.75, 3.05) is 0 Å². The maximum absolute atomic E-state index is 11.7. The highest BCUT2D eigenvalue weighted by atomic mass is 16.1. The lowest BCUT2D eigenvalue weighted by atomic mass is 10.0. The van der Waals surface area contributed by atoms with Crippen molar-refractivity contribution in [1.82, 2.24) is 0 Å². The lowest BCUT2D eigenvalue weighted by Gasteiger charge is -1.99. The average Bonchev–Trinajstić information content (AvgIpc) is 2.34. The van der Waals surface area contributed by atoms with Crippen molar-refractivity contribution in [2.45, 2.75) is 25.7 Å². The Hall–Kier alpha value is -1.70. The van der Waals surface area contributed by atoms with E-state index in [0.29, 0.717) is 6.42 Å². The molecular formula is C14H16O2. The first kappa shape index (κ1) is 12.4. The Bertz CT molecular complexity index is 352. The van der Waals surface area contributed by atoms with Crippen LogP contribution >= 0.6 is 0 Å². The second kappa shape index (κ2) is 7.57. The summed E-state index contributed by atoms with van der Waals surface area (Å²) in [4.78, 5) is 21.6. The Kier molecular flexibility index (Phi) is 5.86. The minimum atomic E-state index is 0.194. The zero-order valence-electron chi connectivity index (χ0n) is 9.26. The van der Waals surface area contributed by atoms with E-state index >= 15 is 0 Å². The molecule has 0 radical (unpaired) electrons. The molecule has 2 nitrogen and oxygen atoms in total. The number of allylic oxidation sites excluding steroid dienone is 2. The zero-order valence-corrected chi connectivity index (χ0v) is 9.26. The SMILES string of the molecule is O=C/C=C/CCCCC(=O)c1ccccc1. The van der Waals surface area contributed by atoms with Crippen LogP contribution < -0.4 is 0 Å². The van der Waals surface area contributed by atoms with Gasteiger partial charge in [-0.3, -0.25) is 9.59 Å². The van der Waals surface area contributed by atoms with Crippen molar-refractivity contribution in [3.8, 4) is 0 Å². The normalized spacial score (nSPS) is 10.5. The van der Waals surface area contributed by atoms with Crippen LogP contribution in [0.1, 0.15) is 36.0 Å². The maximum Gasteiger partial charge on any atom is 0.162 e. The van der Waals surface area contributed by atoms with Crippen LogP contribution in [-0.4, -0.2) is 12.1 Å². The fourth-order valence-corrected chi connectivity index (χ4v) is 1.47. The molecule has 0 saturated heterocycles. The molecule has 16 heavy (non-hydrogen) atoms. The Balaban J connectivity index is 2.21. The van der Waals surface area contributed by atoms with Crippen LogP contribution in [0.15, 0.2) is 42.5 Å². The molecule has 1 aromatic carbocycles. The van der Waals surface area contributed by atoms with Crippen molar-refractivity contribution in [1.29, 1.82) is 0 Å². The van der Waals surface area contributed by atoms with E-state index in [1.165, 1.54) is 6.08 Å². The lowest BCUT2D eigenvalue weighted by Crippen LogP contribution is -1.97. The summed E-state index contributed by atoms with van der Waals surface area (Å²) in [7, 11) is 0. The Morgan fingerprint density at radius 1 is 1.12 bits per heavy atom. The second-order valence-corrected chi connectivity index (χ2v) is 3.60. The van der Waals surface area contributed by atoms with Crippen LogP contribution in [0.3, 0.4) is 0 Å². The van der Waals surface area contributed by atoms with Crippen LogP contribution in [0.4, 0.5) is 0 Å². The molecule has 0 atom stereocenters. The van der Waals surface area contributed by atoms with Gasteiger partial charge in [0.1, 0.15) is 6.29 Å². The summed E-state index contributed by atoms with van der Waals surface area (Å²) in [6.07, 6.45) is 7.37. The van der Waals surface area contributed by atoms with Gasteiger partial charge in [0, 0.05) is 12.0 Å². The maximum atomic E-state index is 11.7. The van der Waals surface area contributed by atoms with E-state index in [-0.39, 0.29) is 5.78 Å². The van der Waals surface area contributed by atoms with Gasteiger partial charge in [0.15, 0.2) is 5.78 Å². The van der Waals surface area contributed by atoms with Gasteiger partial charge in [0.2, 0.25) is 0 Å². The molecular weight excluding hydrogens is 200 g/mol. The third kappa shape index (κ3) is 4.69. The number of hydrogen-bond acceptors (Lipinski definition) is 2. The molecule has 0 aromatic heterocycles. The molecule has 84 valence electrons. The summed E-state index contributed by atoms with van der Waals surface area (Å²) in [6, 6.07) is 9.34. The molecule has 0 amide bonds. The fraction of sp³-hybridized carbons (Fsp3) is 0.286. The summed E-state index contributed by atoms with van der Waals surface area (Å²) in [6.45, 7) is 0. The van der Waals surface area contributed by atoms with E-state index in [2.05, 4.69) is 0 Å². The molecule has 0 unspecified atom stereocenters. The minimum Gasteiger partial charge on any atom is -0.299 e. The molecule has 1 rings (SSSR count). The van der Waals surface area contributed by atoms with E-state index in [0.717, 1.165) is 31.1 Å². The molecule has 0 aliphatic rings. The standard InChI is InChI=1S/C14H16O2/c15-12-8-3-1-2-7-11-14(16)13-9-5-4-6-10-13/h3-6,8-10,12H,1-2,7,11H2/b8-3+. The van der Waals surface area contributed by atoms with E-state index in [4.69, 9.17) is 0 Å². The fourth-order valence-electron chi connectivity index (χ4n) is 1.47. The van der Waals surface area contributed by atoms with Crippen molar-refractivity contribution in [2.24, 2.45) is 0 Å². The molecule has 2 heteroatoms. The number of aldehydes is 1. The van der Waals surface area contributed by atoms with E-state index in [1.54, 1.807) is 0 Å². The van der Waals surface area contributed by atoms with Crippen LogP contribution in [0.5, 0.6) is 0 Å². The molecule has 0 aliphatic heterocycles. The van der Waals surface area contributed by atoms with Gasteiger partial charge in [-0.05, 0) is 25.3 Å². The number of carbonyl (C=O) groups is 2. The number of benzene rings is 1. The quantitative estimate of drug-likeness (QED) is 0.303. The summed E-state index contributed by atoms with van der Waals surface area (Å²) in [5.74, 6) is 0.194. The first-order valence-electron chi connectivity index (χ1n) is 5.53. The number of ketones is 1. The van der Waals surface area contributed by atoms with Crippen molar-refractivity contribution < 1.29 is 9.59 Å². The van der Waals surface area contributed by atoms with E-state index < -0.39 is 0 Å². The molecule has 0 heterocycles. The smallest absolute Gasteiger partial charge is 0.162 e. The Labute approximate surface area is 96.0 Å². The van der Waals surface area contributed by atoms with Gasteiger partial charge >= 0.3 is 0 Å². The predicted molar refractivity (Wildman–Crippen MR) is 64.4 cm³/mol. The monoisotopic (exact) mass is 216 g/mol. The van der Waals surface area contributed by atoms with Crippen molar-refractivity contribution >= 4 is 12.1 Å². The van der Waals surface area contributed by atoms with Gasteiger partial charge in [-0.15, -0.1) is 0 Å². The first-order chi connectivity index (χ1) is 7.84. The number of hydrogen-bond donors (Lipinski definition) is 0. The first-order valence-corrected chi connectivity index (χ1v) is 5.53. The summed E-state index contributed by atoms with van der Waals surface area (Å²) >= 11 is 0. The summed E-state index contributed by atoms with van der Waals surface area (Å²) in [5, 5.41) is 0. The molecule has 0 fully saturated rings. The predicted octanol–water partition coefficient (Wildman–Crippen LogP) is 3.18. The van der Waals surface area contributed by atoms with Gasteiger partial charge in [0.05, 0.1) is 0 Å². The van der Waals surface area contributed by atoms with Gasteiger partial charge in [-0.2, -0.15) is 0 Å². The van der Waals surface area contributed by atoms with Gasteiger partial charge in [-0.25, -0.2) is 0 Å². The lowest BCUT2D eigenvalue weighted by molar-refractivity contribution is -0.104. The largest absolute Gasteiger partial charge is 0.299 e. The highest BCUT2D eigenvalue weighted by Gasteiger charge is 2.03. The number of carbonyl (C=O) groups excluding carboxylic acids is 2. The summed E-state index contributed by atoms with van der Waals surface area (Å²) < 4.78 is 0. The van der Waals surface area contributed by atoms with Gasteiger partial charge < -0.3 is 0 Å². The molecule has 0 spiro atoms. The zero-order chi connectivity index (χ0) is 11.6. The average molecular weight is 216 g/mol. The number of rotatable bonds is 7. The number of Topliss-reactive ketones (excluding diaryl/α,β-unsaturated/α-hetero) is 1. The Morgan fingerprint density at radius 2 is 1.88 bits per heavy atom. The molecule has 0 aliphatic carbocycles.